The van der Waals surface area contributed by atoms with E-state index in [0.29, 0.717) is 10.1 Å². The van der Waals surface area contributed by atoms with Crippen LogP contribution >= 0.6 is 0 Å². The van der Waals surface area contributed by atoms with Crippen molar-refractivity contribution in [2.45, 2.75) is 0 Å². The molecule has 0 saturated carbocycles. The highest BCUT2D eigenvalue weighted by molar-refractivity contribution is 7.90. The normalized spacial score (nSPS) is 11.3. The molecule has 0 aliphatic rings. The van der Waals surface area contributed by atoms with E-state index in [9.17, 15) is 22.0 Å². The van der Waals surface area contributed by atoms with Gasteiger partial charge in [-0.25, -0.2) is 13.1 Å². The summed E-state index contributed by atoms with van der Waals surface area (Å²) >= 11 is 0. The third kappa shape index (κ3) is 5.64. The first-order valence-corrected chi connectivity index (χ1v) is 9.71. The molecule has 0 aliphatic heterocycles. The van der Waals surface area contributed by atoms with Crippen molar-refractivity contribution < 1.29 is 26.7 Å². The number of hydrogen-bond acceptors (Lipinski definition) is 4. The lowest BCUT2D eigenvalue weighted by Gasteiger charge is -2.27. The Labute approximate surface area is 162 Å². The molecule has 7 nitrogen and oxygen atoms in total. The van der Waals surface area contributed by atoms with Crippen LogP contribution in [-0.4, -0.2) is 52.4 Å². The molecule has 0 unspecified atom stereocenters. The van der Waals surface area contributed by atoms with Crippen molar-refractivity contribution in [3.8, 4) is 5.75 Å². The third-order valence-corrected chi connectivity index (χ3v) is 5.46. The van der Waals surface area contributed by atoms with Gasteiger partial charge in [0.15, 0.2) is 0 Å². The average Bonchev–Trinajstić information content (AvgIpc) is 2.65. The number of nitrogens with zero attached hydrogens (tertiary/aromatic N) is 2. The zero-order valence-corrected chi connectivity index (χ0v) is 16.2. The van der Waals surface area contributed by atoms with E-state index in [2.05, 4.69) is 5.32 Å². The molecular formula is C18H21F2N3O4S. The predicted molar refractivity (Wildman–Crippen MR) is 101 cm³/mol. The van der Waals surface area contributed by atoms with Gasteiger partial charge in [-0.05, 0) is 36.4 Å². The van der Waals surface area contributed by atoms with Crippen LogP contribution in [0, 0.1) is 11.6 Å². The van der Waals surface area contributed by atoms with Crippen molar-refractivity contribution >= 4 is 21.8 Å². The lowest BCUT2D eigenvalue weighted by Crippen LogP contribution is -2.46. The van der Waals surface area contributed by atoms with Crippen LogP contribution in [0.15, 0.2) is 48.5 Å². The van der Waals surface area contributed by atoms with Gasteiger partial charge in [-0.1, -0.05) is 12.1 Å². The molecule has 0 atom stereocenters. The average molecular weight is 413 g/mol. The molecule has 2 aromatic carbocycles. The van der Waals surface area contributed by atoms with Crippen molar-refractivity contribution in [1.82, 2.24) is 9.62 Å². The van der Waals surface area contributed by atoms with E-state index in [-0.39, 0.29) is 18.8 Å². The van der Waals surface area contributed by atoms with Gasteiger partial charge < -0.3 is 10.1 Å². The topological polar surface area (TPSA) is 79.0 Å². The van der Waals surface area contributed by atoms with Crippen LogP contribution in [0.5, 0.6) is 5.75 Å². The number of hydrogen-bond donors (Lipinski definition) is 1. The SMILES string of the molecule is CN(C)S(=O)(=O)N(CC(=O)NCCOc1ccc(F)cc1)c1ccccc1F. The van der Waals surface area contributed by atoms with Crippen LogP contribution in [0.4, 0.5) is 14.5 Å². The smallest absolute Gasteiger partial charge is 0.304 e. The van der Waals surface area contributed by atoms with E-state index in [1.54, 1.807) is 0 Å². The first kappa shape index (κ1) is 21.6. The van der Waals surface area contributed by atoms with E-state index in [4.69, 9.17) is 4.74 Å². The molecule has 2 rings (SSSR count). The second-order valence-electron chi connectivity index (χ2n) is 5.90. The van der Waals surface area contributed by atoms with Gasteiger partial charge in [-0.3, -0.25) is 4.79 Å². The summed E-state index contributed by atoms with van der Waals surface area (Å²) in [5.74, 6) is -1.36. The molecule has 0 aromatic heterocycles. The number of anilines is 1. The molecule has 0 saturated heterocycles. The van der Waals surface area contributed by atoms with Gasteiger partial charge in [0.2, 0.25) is 5.91 Å². The Balaban J connectivity index is 1.98. The number of nitrogens with one attached hydrogen (secondary N) is 1. The van der Waals surface area contributed by atoms with Crippen molar-refractivity contribution in [2.75, 3.05) is 38.1 Å². The van der Waals surface area contributed by atoms with Crippen LogP contribution in [0.25, 0.3) is 0 Å². The van der Waals surface area contributed by atoms with Gasteiger partial charge in [0, 0.05) is 14.1 Å². The molecule has 0 spiro atoms. The van der Waals surface area contributed by atoms with Crippen molar-refractivity contribution in [2.24, 2.45) is 0 Å². The van der Waals surface area contributed by atoms with Crippen LogP contribution in [0.3, 0.4) is 0 Å². The number of benzene rings is 2. The molecule has 1 amide bonds. The first-order chi connectivity index (χ1) is 13.2. The van der Waals surface area contributed by atoms with Crippen LogP contribution in [-0.2, 0) is 15.0 Å². The Hall–Kier alpha value is -2.72. The number of rotatable bonds is 9. The fourth-order valence-corrected chi connectivity index (χ4v) is 3.29. The zero-order chi connectivity index (χ0) is 20.7. The van der Waals surface area contributed by atoms with Crippen LogP contribution < -0.4 is 14.4 Å². The fourth-order valence-electron chi connectivity index (χ4n) is 2.22. The summed E-state index contributed by atoms with van der Waals surface area (Å²) in [6.45, 7) is -0.418. The van der Waals surface area contributed by atoms with Crippen molar-refractivity contribution in [3.63, 3.8) is 0 Å². The molecule has 152 valence electrons. The Morgan fingerprint density at radius 3 is 2.32 bits per heavy atom. The van der Waals surface area contributed by atoms with E-state index in [0.717, 1.165) is 10.4 Å². The summed E-state index contributed by atoms with van der Waals surface area (Å²) in [5.41, 5.74) is -0.228. The van der Waals surface area contributed by atoms with Gasteiger partial charge in [0.05, 0.1) is 12.2 Å². The predicted octanol–water partition coefficient (Wildman–Crippen LogP) is 1.77. The molecule has 28 heavy (non-hydrogen) atoms. The number of halogens is 2. The zero-order valence-electron chi connectivity index (χ0n) is 15.4. The lowest BCUT2D eigenvalue weighted by atomic mass is 10.3. The van der Waals surface area contributed by atoms with Gasteiger partial charge >= 0.3 is 10.2 Å². The minimum atomic E-state index is -4.09. The highest BCUT2D eigenvalue weighted by Crippen LogP contribution is 2.22. The van der Waals surface area contributed by atoms with Crippen molar-refractivity contribution in [3.05, 3.63) is 60.2 Å². The number of para-hydroxylation sites is 1. The highest BCUT2D eigenvalue weighted by Gasteiger charge is 2.29. The highest BCUT2D eigenvalue weighted by atomic mass is 32.2. The largest absolute Gasteiger partial charge is 0.492 e. The summed E-state index contributed by atoms with van der Waals surface area (Å²) in [4.78, 5) is 12.2. The maximum Gasteiger partial charge on any atom is 0.304 e. The minimum absolute atomic E-state index is 0.0866. The molecule has 0 aliphatic carbocycles. The van der Waals surface area contributed by atoms with Crippen LogP contribution in [0.1, 0.15) is 0 Å². The van der Waals surface area contributed by atoms with Crippen LogP contribution in [0.2, 0.25) is 0 Å². The summed E-state index contributed by atoms with van der Waals surface area (Å²) in [6.07, 6.45) is 0. The summed E-state index contributed by atoms with van der Waals surface area (Å²) in [7, 11) is -1.51. The third-order valence-electron chi connectivity index (χ3n) is 3.65. The molecule has 0 heterocycles. The summed E-state index contributed by atoms with van der Waals surface area (Å²) in [6, 6.07) is 10.7. The Bertz CT molecular complexity index is 905. The maximum absolute atomic E-state index is 14.1. The van der Waals surface area contributed by atoms with E-state index in [1.165, 1.54) is 56.6 Å². The first-order valence-electron chi connectivity index (χ1n) is 8.31. The molecule has 0 bridgehead atoms. The Kier molecular flexibility index (Phi) is 7.30. The number of ether oxygens (including phenoxy) is 1. The summed E-state index contributed by atoms with van der Waals surface area (Å²) < 4.78 is 58.9. The molecule has 0 fully saturated rings. The van der Waals surface area contributed by atoms with Gasteiger partial charge in [0.25, 0.3) is 0 Å². The van der Waals surface area contributed by atoms with Gasteiger partial charge in [0.1, 0.15) is 30.5 Å². The second kappa shape index (κ2) is 9.47. The lowest BCUT2D eigenvalue weighted by molar-refractivity contribution is -0.119. The second-order valence-corrected chi connectivity index (χ2v) is 7.97. The Morgan fingerprint density at radius 2 is 1.71 bits per heavy atom. The molecule has 2 aromatic rings. The number of carbonyl (C=O) groups is 1. The van der Waals surface area contributed by atoms with E-state index < -0.39 is 34.3 Å². The van der Waals surface area contributed by atoms with Gasteiger partial charge in [-0.15, -0.1) is 0 Å². The maximum atomic E-state index is 14.1. The Morgan fingerprint density at radius 1 is 1.07 bits per heavy atom. The molecule has 10 heteroatoms. The molecular weight excluding hydrogens is 392 g/mol. The number of carbonyl (C=O) groups excluding carboxylic acids is 1. The van der Waals surface area contributed by atoms with Crippen molar-refractivity contribution in [1.29, 1.82) is 0 Å². The molecule has 0 radical (unpaired) electrons. The minimum Gasteiger partial charge on any atom is -0.492 e. The van der Waals surface area contributed by atoms with E-state index >= 15 is 0 Å². The summed E-state index contributed by atoms with van der Waals surface area (Å²) in [5, 5.41) is 2.51. The fraction of sp³-hybridized carbons (Fsp3) is 0.278. The monoisotopic (exact) mass is 413 g/mol. The quantitative estimate of drug-likeness (QED) is 0.636. The number of amides is 1. The van der Waals surface area contributed by atoms with E-state index in [1.807, 2.05) is 0 Å². The van der Waals surface area contributed by atoms with Gasteiger partial charge in [-0.2, -0.15) is 12.7 Å². The molecule has 1 N–H and O–H groups in total. The standard InChI is InChI=1S/C18H21F2N3O4S/c1-22(2)28(25,26)23(17-6-4-3-5-16(17)20)13-18(24)21-11-12-27-15-9-7-14(19)8-10-15/h3-10H,11-13H2,1-2H3,(H,21,24).